The first kappa shape index (κ1) is 16.8. The van der Waals surface area contributed by atoms with E-state index in [1.165, 1.54) is 38.5 Å². The number of aryl methyl sites for hydroxylation is 1. The Bertz CT molecular complexity index is 887. The second-order valence-electron chi connectivity index (χ2n) is 7.35. The summed E-state index contributed by atoms with van der Waals surface area (Å²) in [6, 6.07) is 8.45. The highest BCUT2D eigenvalue weighted by molar-refractivity contribution is 5.86. The van der Waals surface area contributed by atoms with Gasteiger partial charge in [0, 0.05) is 17.9 Å². The van der Waals surface area contributed by atoms with Gasteiger partial charge in [-0.2, -0.15) is 0 Å². The maximum absolute atomic E-state index is 5.96. The SMILES string of the molecule is Nc1cccc(CCCCC2CC[C@H](n3ccc4c(N)ncnc43)C2)n1. The Morgan fingerprint density at radius 1 is 1.08 bits per heavy atom. The molecule has 0 aliphatic heterocycles. The Kier molecular flexibility index (Phi) is 4.73. The van der Waals surface area contributed by atoms with E-state index in [9.17, 15) is 0 Å². The van der Waals surface area contributed by atoms with Gasteiger partial charge in [0.15, 0.2) is 0 Å². The van der Waals surface area contributed by atoms with Crippen molar-refractivity contribution in [1.82, 2.24) is 19.5 Å². The summed E-state index contributed by atoms with van der Waals surface area (Å²) >= 11 is 0. The normalized spacial score (nSPS) is 20.0. The van der Waals surface area contributed by atoms with Gasteiger partial charge in [0.25, 0.3) is 0 Å². The number of unbranched alkanes of at least 4 members (excludes halogenated alkanes) is 1. The first-order valence-electron chi connectivity index (χ1n) is 9.49. The lowest BCUT2D eigenvalue weighted by atomic mass is 9.99. The van der Waals surface area contributed by atoms with E-state index in [0.29, 0.717) is 17.7 Å². The number of nitrogens with two attached hydrogens (primary N) is 2. The van der Waals surface area contributed by atoms with Crippen LogP contribution in [0.2, 0.25) is 0 Å². The summed E-state index contributed by atoms with van der Waals surface area (Å²) in [5, 5.41) is 0.964. The minimum absolute atomic E-state index is 0.530. The molecule has 1 saturated carbocycles. The predicted molar refractivity (Wildman–Crippen MR) is 105 cm³/mol. The van der Waals surface area contributed by atoms with Crippen molar-refractivity contribution < 1.29 is 0 Å². The van der Waals surface area contributed by atoms with Crippen molar-refractivity contribution in [3.05, 3.63) is 42.5 Å². The lowest BCUT2D eigenvalue weighted by molar-refractivity contribution is 0.443. The smallest absolute Gasteiger partial charge is 0.145 e. The molecule has 4 N–H and O–H groups in total. The second-order valence-corrected chi connectivity index (χ2v) is 7.35. The molecule has 0 amide bonds. The molecule has 0 aromatic carbocycles. The number of anilines is 2. The van der Waals surface area contributed by atoms with Crippen LogP contribution in [0.5, 0.6) is 0 Å². The van der Waals surface area contributed by atoms with Crippen LogP contribution in [0.15, 0.2) is 36.8 Å². The topological polar surface area (TPSA) is 95.6 Å². The second kappa shape index (κ2) is 7.32. The molecule has 1 aliphatic rings. The zero-order valence-corrected chi connectivity index (χ0v) is 15.0. The van der Waals surface area contributed by atoms with E-state index in [2.05, 4.69) is 31.8 Å². The molecule has 0 radical (unpaired) electrons. The number of nitrogen functional groups attached to an aromatic ring is 2. The van der Waals surface area contributed by atoms with Crippen LogP contribution in [-0.4, -0.2) is 19.5 Å². The number of nitrogens with zero attached hydrogens (tertiary/aromatic N) is 4. The fourth-order valence-corrected chi connectivity index (χ4v) is 4.23. The largest absolute Gasteiger partial charge is 0.384 e. The van der Waals surface area contributed by atoms with Crippen molar-refractivity contribution in [2.75, 3.05) is 11.5 Å². The summed E-state index contributed by atoms with van der Waals surface area (Å²) in [7, 11) is 0. The molecule has 2 atom stereocenters. The number of aromatic nitrogens is 4. The first-order chi connectivity index (χ1) is 12.7. The fraction of sp³-hybridized carbons (Fsp3) is 0.450. The Balaban J connectivity index is 1.29. The number of rotatable bonds is 6. The molecule has 6 heteroatoms. The van der Waals surface area contributed by atoms with Crippen LogP contribution in [-0.2, 0) is 6.42 Å². The van der Waals surface area contributed by atoms with Crippen LogP contribution in [0.1, 0.15) is 50.3 Å². The van der Waals surface area contributed by atoms with Gasteiger partial charge in [0.05, 0.1) is 5.39 Å². The average Bonchev–Trinajstić information content (AvgIpc) is 3.26. The van der Waals surface area contributed by atoms with Crippen LogP contribution in [0.4, 0.5) is 11.6 Å². The van der Waals surface area contributed by atoms with Crippen LogP contribution < -0.4 is 11.5 Å². The van der Waals surface area contributed by atoms with E-state index in [4.69, 9.17) is 11.5 Å². The van der Waals surface area contributed by atoms with E-state index in [1.807, 2.05) is 18.2 Å². The van der Waals surface area contributed by atoms with Crippen molar-refractivity contribution in [1.29, 1.82) is 0 Å². The Labute approximate surface area is 153 Å². The van der Waals surface area contributed by atoms with Gasteiger partial charge in [-0.05, 0) is 56.2 Å². The lowest BCUT2D eigenvalue weighted by Gasteiger charge is -2.14. The van der Waals surface area contributed by atoms with Crippen molar-refractivity contribution in [2.45, 2.75) is 51.0 Å². The van der Waals surface area contributed by atoms with E-state index < -0.39 is 0 Å². The molecule has 136 valence electrons. The molecule has 3 aromatic rings. The summed E-state index contributed by atoms with van der Waals surface area (Å²) in [5.41, 5.74) is 13.8. The van der Waals surface area contributed by atoms with Gasteiger partial charge in [-0.25, -0.2) is 15.0 Å². The molecule has 26 heavy (non-hydrogen) atoms. The van der Waals surface area contributed by atoms with Gasteiger partial charge < -0.3 is 16.0 Å². The van der Waals surface area contributed by atoms with Crippen LogP contribution >= 0.6 is 0 Å². The molecule has 0 spiro atoms. The van der Waals surface area contributed by atoms with E-state index in [1.54, 1.807) is 6.33 Å². The average molecular weight is 350 g/mol. The predicted octanol–water partition coefficient (Wildman–Crippen LogP) is 3.74. The van der Waals surface area contributed by atoms with Crippen LogP contribution in [0, 0.1) is 5.92 Å². The third-order valence-electron chi connectivity index (χ3n) is 5.57. The molecular formula is C20H26N6. The Morgan fingerprint density at radius 2 is 2.00 bits per heavy atom. The quantitative estimate of drug-likeness (QED) is 0.660. The minimum Gasteiger partial charge on any atom is -0.384 e. The van der Waals surface area contributed by atoms with Crippen molar-refractivity contribution in [2.24, 2.45) is 5.92 Å². The summed E-state index contributed by atoms with van der Waals surface area (Å²) < 4.78 is 2.30. The zero-order valence-electron chi connectivity index (χ0n) is 15.0. The summed E-state index contributed by atoms with van der Waals surface area (Å²) in [5.74, 6) is 1.98. The van der Waals surface area contributed by atoms with E-state index >= 15 is 0 Å². The fourth-order valence-electron chi connectivity index (χ4n) is 4.23. The molecule has 0 saturated heterocycles. The van der Waals surface area contributed by atoms with Gasteiger partial charge >= 0.3 is 0 Å². The van der Waals surface area contributed by atoms with Crippen molar-refractivity contribution >= 4 is 22.7 Å². The highest BCUT2D eigenvalue weighted by atomic mass is 15.1. The van der Waals surface area contributed by atoms with E-state index in [-0.39, 0.29) is 0 Å². The third-order valence-corrected chi connectivity index (χ3v) is 5.57. The highest BCUT2D eigenvalue weighted by Gasteiger charge is 2.26. The van der Waals surface area contributed by atoms with E-state index in [0.717, 1.165) is 29.1 Å². The first-order valence-corrected chi connectivity index (χ1v) is 9.49. The third kappa shape index (κ3) is 3.49. The maximum atomic E-state index is 5.96. The summed E-state index contributed by atoms with van der Waals surface area (Å²) in [4.78, 5) is 12.9. The number of hydrogen-bond donors (Lipinski definition) is 2. The summed E-state index contributed by atoms with van der Waals surface area (Å²) in [6.45, 7) is 0. The standard InChI is InChI=1S/C20H26N6/c21-18-7-3-6-15(25-18)5-2-1-4-14-8-9-16(12-14)26-11-10-17-19(22)23-13-24-20(17)26/h3,6-7,10-11,13-14,16H,1-2,4-5,8-9,12H2,(H2,21,25)(H2,22,23,24)/t14?,16-/m0/s1. The molecule has 1 fully saturated rings. The maximum Gasteiger partial charge on any atom is 0.145 e. The van der Waals surface area contributed by atoms with Gasteiger partial charge in [-0.1, -0.05) is 18.9 Å². The number of pyridine rings is 1. The van der Waals surface area contributed by atoms with Gasteiger partial charge in [-0.3, -0.25) is 0 Å². The Hall–Kier alpha value is -2.63. The molecule has 4 rings (SSSR count). The van der Waals surface area contributed by atoms with Crippen LogP contribution in [0.25, 0.3) is 11.0 Å². The van der Waals surface area contributed by atoms with Crippen molar-refractivity contribution in [3.63, 3.8) is 0 Å². The van der Waals surface area contributed by atoms with Gasteiger partial charge in [-0.15, -0.1) is 0 Å². The summed E-state index contributed by atoms with van der Waals surface area (Å²) in [6.07, 6.45) is 12.1. The van der Waals surface area contributed by atoms with Crippen molar-refractivity contribution in [3.8, 4) is 0 Å². The molecular weight excluding hydrogens is 324 g/mol. The number of hydrogen-bond acceptors (Lipinski definition) is 5. The highest BCUT2D eigenvalue weighted by Crippen LogP contribution is 2.39. The molecule has 3 heterocycles. The lowest BCUT2D eigenvalue weighted by Crippen LogP contribution is -2.06. The van der Waals surface area contributed by atoms with Gasteiger partial charge in [0.1, 0.15) is 23.6 Å². The Morgan fingerprint density at radius 3 is 2.88 bits per heavy atom. The van der Waals surface area contributed by atoms with Crippen LogP contribution in [0.3, 0.4) is 0 Å². The monoisotopic (exact) mass is 350 g/mol. The molecule has 3 aromatic heterocycles. The molecule has 1 aliphatic carbocycles. The minimum atomic E-state index is 0.530. The molecule has 6 nitrogen and oxygen atoms in total. The van der Waals surface area contributed by atoms with Gasteiger partial charge in [0.2, 0.25) is 0 Å². The number of fused-ring (bicyclic) bond motifs is 1. The molecule has 1 unspecified atom stereocenters. The zero-order chi connectivity index (χ0) is 17.9. The molecule has 0 bridgehead atoms.